The van der Waals surface area contributed by atoms with Crippen LogP contribution in [0.15, 0.2) is 30.1 Å². The first kappa shape index (κ1) is 24.2. The van der Waals surface area contributed by atoms with E-state index in [2.05, 4.69) is 5.32 Å². The number of hydrogen-bond donors (Lipinski definition) is 1. The number of nitrogens with one attached hydrogen (secondary N) is 1. The molecule has 31 heavy (non-hydrogen) atoms. The Morgan fingerprint density at radius 1 is 1.29 bits per heavy atom. The van der Waals surface area contributed by atoms with Crippen LogP contribution in [0.3, 0.4) is 0 Å². The normalized spacial score (nSPS) is 14.0. The Hall–Kier alpha value is -3.10. The zero-order valence-corrected chi connectivity index (χ0v) is 18.3. The lowest BCUT2D eigenvalue weighted by Gasteiger charge is -2.28. The van der Waals surface area contributed by atoms with Gasteiger partial charge in [0.25, 0.3) is 5.91 Å². The number of fused-ring (bicyclic) bond motifs is 1. The highest BCUT2D eigenvalue weighted by molar-refractivity contribution is 5.98. The average Bonchev–Trinajstić information content (AvgIpc) is 2.69. The molecule has 0 aliphatic carbocycles. The third-order valence-corrected chi connectivity index (χ3v) is 4.31. The van der Waals surface area contributed by atoms with Gasteiger partial charge in [0.1, 0.15) is 24.5 Å². The van der Waals surface area contributed by atoms with Crippen molar-refractivity contribution < 1.29 is 33.0 Å². The molecular formula is C22H29FN2O6. The minimum absolute atomic E-state index is 0.0579. The number of nitrogens with zero attached hydrogens (tertiary/aromatic N) is 1. The van der Waals surface area contributed by atoms with Gasteiger partial charge in [-0.05, 0) is 57.9 Å². The molecule has 170 valence electrons. The molecule has 1 aliphatic rings. The first-order chi connectivity index (χ1) is 14.6. The van der Waals surface area contributed by atoms with Crippen LogP contribution in [0, 0.1) is 0 Å². The summed E-state index contributed by atoms with van der Waals surface area (Å²) in [6.45, 7) is 7.36. The lowest BCUT2D eigenvalue weighted by atomic mass is 9.98. The van der Waals surface area contributed by atoms with E-state index in [0.717, 1.165) is 5.56 Å². The monoisotopic (exact) mass is 436 g/mol. The maximum absolute atomic E-state index is 13.2. The fraction of sp³-hybridized carbons (Fsp3) is 0.500. The molecule has 0 saturated heterocycles. The number of carbonyl (C=O) groups excluding carboxylic acids is 3. The fourth-order valence-corrected chi connectivity index (χ4v) is 2.91. The molecule has 0 unspecified atom stereocenters. The molecule has 0 radical (unpaired) electrons. The quantitative estimate of drug-likeness (QED) is 0.630. The predicted molar refractivity (Wildman–Crippen MR) is 112 cm³/mol. The minimum atomic E-state index is -0.647. The van der Waals surface area contributed by atoms with E-state index >= 15 is 0 Å². The van der Waals surface area contributed by atoms with Crippen molar-refractivity contribution in [3.63, 3.8) is 0 Å². The lowest BCUT2D eigenvalue weighted by molar-refractivity contribution is -0.143. The molecule has 8 nitrogen and oxygen atoms in total. The second kappa shape index (κ2) is 10.8. The largest absolute Gasteiger partial charge is 0.489 e. The Bertz CT molecular complexity index is 847. The third-order valence-electron chi connectivity index (χ3n) is 4.31. The van der Waals surface area contributed by atoms with Gasteiger partial charge in [-0.15, -0.1) is 0 Å². The van der Waals surface area contributed by atoms with Crippen LogP contribution in [0.25, 0.3) is 0 Å². The Balaban J connectivity index is 1.91. The summed E-state index contributed by atoms with van der Waals surface area (Å²) in [7, 11) is 0. The van der Waals surface area contributed by atoms with Gasteiger partial charge >= 0.3 is 12.1 Å². The van der Waals surface area contributed by atoms with E-state index < -0.39 is 17.7 Å². The summed E-state index contributed by atoms with van der Waals surface area (Å²) in [6, 6.07) is 4.97. The number of rotatable bonds is 8. The zero-order chi connectivity index (χ0) is 23.0. The molecule has 0 fully saturated rings. The molecule has 0 aromatic heterocycles. The first-order valence-electron chi connectivity index (χ1n) is 10.1. The highest BCUT2D eigenvalue weighted by Crippen LogP contribution is 2.24. The summed E-state index contributed by atoms with van der Waals surface area (Å²) in [6.07, 6.45) is 0.294. The van der Waals surface area contributed by atoms with Crippen molar-refractivity contribution in [3.05, 3.63) is 41.2 Å². The summed E-state index contributed by atoms with van der Waals surface area (Å²) < 4.78 is 28.8. The standard InChI is InChI=1S/C22H29FN2O6/c1-5-29-19(26)13-25-9-8-16-10-17(6-7-18(16)20(25)27)30-14-15(11-23)12-24-21(28)31-22(2,3)4/h6-7,10-11H,5,8-9,12-14H2,1-4H3,(H,24,28)/b15-11-. The van der Waals surface area contributed by atoms with Gasteiger partial charge < -0.3 is 24.4 Å². The summed E-state index contributed by atoms with van der Waals surface area (Å²) in [5, 5.41) is 2.47. The second-order valence-corrected chi connectivity index (χ2v) is 8.01. The van der Waals surface area contributed by atoms with Gasteiger partial charge in [-0.1, -0.05) is 0 Å². The molecule has 1 aromatic carbocycles. The fourth-order valence-electron chi connectivity index (χ4n) is 2.91. The molecule has 9 heteroatoms. The topological polar surface area (TPSA) is 94.2 Å². The Morgan fingerprint density at radius 3 is 2.68 bits per heavy atom. The number of esters is 1. The molecule has 1 aliphatic heterocycles. The molecule has 0 spiro atoms. The van der Waals surface area contributed by atoms with Crippen LogP contribution in [-0.4, -0.2) is 61.3 Å². The molecule has 1 heterocycles. The Labute approximate surface area is 181 Å². The highest BCUT2D eigenvalue weighted by atomic mass is 19.1. The second-order valence-electron chi connectivity index (χ2n) is 8.01. The van der Waals surface area contributed by atoms with Crippen LogP contribution in [0.2, 0.25) is 0 Å². The van der Waals surface area contributed by atoms with Crippen LogP contribution < -0.4 is 10.1 Å². The number of benzene rings is 1. The van der Waals surface area contributed by atoms with Crippen molar-refractivity contribution in [2.75, 3.05) is 32.8 Å². The highest BCUT2D eigenvalue weighted by Gasteiger charge is 2.26. The third kappa shape index (κ3) is 7.58. The number of alkyl carbamates (subject to hydrolysis) is 1. The molecular weight excluding hydrogens is 407 g/mol. The number of ether oxygens (including phenoxy) is 3. The van der Waals surface area contributed by atoms with Crippen LogP contribution >= 0.6 is 0 Å². The minimum Gasteiger partial charge on any atom is -0.489 e. The smallest absolute Gasteiger partial charge is 0.407 e. The van der Waals surface area contributed by atoms with E-state index in [9.17, 15) is 18.8 Å². The van der Waals surface area contributed by atoms with Gasteiger partial charge in [0.05, 0.1) is 12.9 Å². The van der Waals surface area contributed by atoms with E-state index in [4.69, 9.17) is 14.2 Å². The molecule has 2 rings (SSSR count). The van der Waals surface area contributed by atoms with Crippen molar-refractivity contribution in [2.24, 2.45) is 0 Å². The average molecular weight is 436 g/mol. The van der Waals surface area contributed by atoms with Crippen LogP contribution in [-0.2, 0) is 20.7 Å². The number of halogens is 1. The van der Waals surface area contributed by atoms with E-state index in [1.807, 2.05) is 0 Å². The van der Waals surface area contributed by atoms with E-state index in [1.165, 1.54) is 4.90 Å². The molecule has 0 atom stereocenters. The predicted octanol–water partition coefficient (Wildman–Crippen LogP) is 3.00. The summed E-state index contributed by atoms with van der Waals surface area (Å²) in [5.41, 5.74) is 0.864. The van der Waals surface area contributed by atoms with Crippen molar-refractivity contribution in [1.82, 2.24) is 10.2 Å². The number of hydrogen-bond acceptors (Lipinski definition) is 6. The van der Waals surface area contributed by atoms with Gasteiger partial charge in [-0.2, -0.15) is 0 Å². The van der Waals surface area contributed by atoms with Crippen LogP contribution in [0.5, 0.6) is 5.75 Å². The maximum Gasteiger partial charge on any atom is 0.407 e. The molecule has 1 aromatic rings. The zero-order valence-electron chi connectivity index (χ0n) is 18.3. The van der Waals surface area contributed by atoms with Gasteiger partial charge in [-0.3, -0.25) is 9.59 Å². The van der Waals surface area contributed by atoms with E-state index in [-0.39, 0.29) is 37.8 Å². The van der Waals surface area contributed by atoms with Crippen molar-refractivity contribution in [2.45, 2.75) is 39.7 Å². The van der Waals surface area contributed by atoms with Crippen molar-refractivity contribution in [1.29, 1.82) is 0 Å². The van der Waals surface area contributed by atoms with E-state index in [1.54, 1.807) is 45.9 Å². The lowest BCUT2D eigenvalue weighted by Crippen LogP contribution is -2.41. The van der Waals surface area contributed by atoms with Crippen LogP contribution in [0.4, 0.5) is 9.18 Å². The van der Waals surface area contributed by atoms with Gasteiger partial charge in [-0.25, -0.2) is 9.18 Å². The van der Waals surface area contributed by atoms with E-state index in [0.29, 0.717) is 30.6 Å². The first-order valence-corrected chi connectivity index (χ1v) is 10.1. The van der Waals surface area contributed by atoms with Gasteiger partial charge in [0.2, 0.25) is 0 Å². The maximum atomic E-state index is 13.2. The van der Waals surface area contributed by atoms with Gasteiger partial charge in [0, 0.05) is 24.2 Å². The van der Waals surface area contributed by atoms with Crippen LogP contribution in [0.1, 0.15) is 43.6 Å². The molecule has 0 bridgehead atoms. The van der Waals surface area contributed by atoms with Crippen molar-refractivity contribution in [3.8, 4) is 5.75 Å². The summed E-state index contributed by atoms with van der Waals surface area (Å²) in [4.78, 5) is 37.4. The Kier molecular flexibility index (Phi) is 8.41. The molecule has 2 amide bonds. The SMILES string of the molecule is CCOC(=O)CN1CCc2cc(OC/C(=C\F)CNC(=O)OC(C)(C)C)ccc2C1=O. The number of amides is 2. The Morgan fingerprint density at radius 2 is 2.03 bits per heavy atom. The van der Waals surface area contributed by atoms with Gasteiger partial charge in [0.15, 0.2) is 0 Å². The summed E-state index contributed by atoms with van der Waals surface area (Å²) >= 11 is 0. The summed E-state index contributed by atoms with van der Waals surface area (Å²) in [5.74, 6) is -0.210. The van der Waals surface area contributed by atoms with Crippen molar-refractivity contribution >= 4 is 18.0 Å². The number of carbonyl (C=O) groups is 3. The molecule has 0 saturated carbocycles. The molecule has 1 N–H and O–H groups in total.